The summed E-state index contributed by atoms with van der Waals surface area (Å²) in [6, 6.07) is 0. The van der Waals surface area contributed by atoms with Gasteiger partial charge in [0.25, 0.3) is 0 Å². The Morgan fingerprint density at radius 3 is 2.32 bits per heavy atom. The Bertz CT molecular complexity index is 217. The van der Waals surface area contributed by atoms with Crippen LogP contribution in [0.25, 0.3) is 0 Å². The largest absolute Gasteiger partial charge is 0.378 e. The normalized spacial score (nSPS) is 14.2. The first-order valence-corrected chi connectivity index (χ1v) is 10.7. The molecule has 22 heavy (non-hydrogen) atoms. The van der Waals surface area contributed by atoms with Crippen LogP contribution >= 0.6 is 23.4 Å². The van der Waals surface area contributed by atoms with Crippen LogP contribution in [0.3, 0.4) is 0 Å². The van der Waals surface area contributed by atoms with Crippen molar-refractivity contribution in [3.05, 3.63) is 0 Å². The average molecular weight is 353 g/mol. The highest BCUT2D eigenvalue weighted by molar-refractivity contribution is 7.99. The van der Waals surface area contributed by atoms with Crippen LogP contribution in [0.1, 0.15) is 72.1 Å². The third-order valence-corrected chi connectivity index (χ3v) is 5.32. The number of hydrogen-bond donors (Lipinski definition) is 0. The molecule has 0 radical (unpaired) electrons. The van der Waals surface area contributed by atoms with E-state index in [-0.39, 0.29) is 11.5 Å². The molecule has 0 heterocycles. The molecule has 2 nitrogen and oxygen atoms in total. The van der Waals surface area contributed by atoms with Gasteiger partial charge in [-0.1, -0.05) is 52.4 Å². The predicted molar refractivity (Wildman–Crippen MR) is 101 cm³/mol. The van der Waals surface area contributed by atoms with Gasteiger partial charge in [0.1, 0.15) is 0 Å². The number of halogens is 1. The monoisotopic (exact) mass is 352 g/mol. The van der Waals surface area contributed by atoms with Gasteiger partial charge in [0.15, 0.2) is 0 Å². The third-order valence-electron chi connectivity index (χ3n) is 3.72. The summed E-state index contributed by atoms with van der Waals surface area (Å²) in [6.45, 7) is 8.69. The van der Waals surface area contributed by atoms with E-state index in [4.69, 9.17) is 21.1 Å². The molecule has 0 rings (SSSR count). The number of rotatable bonds is 17. The summed E-state index contributed by atoms with van der Waals surface area (Å²) in [7, 11) is 0. The molecule has 0 aromatic rings. The van der Waals surface area contributed by atoms with E-state index >= 15 is 0 Å². The number of alkyl halides is 1. The van der Waals surface area contributed by atoms with Crippen molar-refractivity contribution < 1.29 is 9.47 Å². The summed E-state index contributed by atoms with van der Waals surface area (Å²) in [5.41, 5.74) is 0. The molecule has 0 amide bonds. The minimum Gasteiger partial charge on any atom is -0.378 e. The zero-order valence-corrected chi connectivity index (χ0v) is 16.5. The van der Waals surface area contributed by atoms with E-state index in [9.17, 15) is 0 Å². The smallest absolute Gasteiger partial charge is 0.0711 e. The van der Waals surface area contributed by atoms with Crippen LogP contribution in [0.5, 0.6) is 0 Å². The Hall–Kier alpha value is 0.560. The molecule has 0 spiro atoms. The van der Waals surface area contributed by atoms with Crippen molar-refractivity contribution in [3.8, 4) is 0 Å². The third kappa shape index (κ3) is 15.5. The second-order valence-electron chi connectivity index (χ2n) is 5.87. The van der Waals surface area contributed by atoms with Crippen LogP contribution in [-0.4, -0.2) is 42.8 Å². The van der Waals surface area contributed by atoms with Gasteiger partial charge in [-0.2, -0.15) is 11.8 Å². The fourth-order valence-electron chi connectivity index (χ4n) is 2.17. The molecule has 0 N–H and O–H groups in total. The maximum absolute atomic E-state index is 6.33. The van der Waals surface area contributed by atoms with Gasteiger partial charge in [-0.25, -0.2) is 0 Å². The molecule has 0 aromatic heterocycles. The zero-order chi connectivity index (χ0) is 16.5. The molecule has 0 saturated heterocycles. The van der Waals surface area contributed by atoms with Crippen LogP contribution in [0.15, 0.2) is 0 Å². The van der Waals surface area contributed by atoms with Gasteiger partial charge < -0.3 is 9.47 Å². The number of thioether (sulfide) groups is 1. The lowest BCUT2D eigenvalue weighted by atomic mass is 10.1. The van der Waals surface area contributed by atoms with E-state index in [1.165, 1.54) is 50.7 Å². The highest BCUT2D eigenvalue weighted by atomic mass is 35.5. The van der Waals surface area contributed by atoms with E-state index in [0.29, 0.717) is 13.2 Å². The van der Waals surface area contributed by atoms with Gasteiger partial charge in [0, 0.05) is 5.75 Å². The summed E-state index contributed by atoms with van der Waals surface area (Å²) in [5.74, 6) is 2.36. The first-order chi connectivity index (χ1) is 10.7. The maximum atomic E-state index is 6.33. The van der Waals surface area contributed by atoms with E-state index in [2.05, 4.69) is 20.8 Å². The molecule has 134 valence electrons. The minimum atomic E-state index is 0.120. The average Bonchev–Trinajstić information content (AvgIpc) is 2.52. The molecule has 0 unspecified atom stereocenters. The highest BCUT2D eigenvalue weighted by Crippen LogP contribution is 2.15. The van der Waals surface area contributed by atoms with Gasteiger partial charge in [-0.3, -0.25) is 0 Å². The fourth-order valence-corrected chi connectivity index (χ4v) is 3.25. The Labute approximate surface area is 148 Å². The molecular weight excluding hydrogens is 316 g/mol. The first-order valence-electron chi connectivity index (χ1n) is 9.13. The molecule has 2 atom stereocenters. The summed E-state index contributed by atoms with van der Waals surface area (Å²) in [6.07, 6.45) is 10.3. The maximum Gasteiger partial charge on any atom is 0.0711 e. The molecule has 0 aliphatic carbocycles. The van der Waals surface area contributed by atoms with Crippen LogP contribution in [0, 0.1) is 0 Å². The van der Waals surface area contributed by atoms with Crippen molar-refractivity contribution in [2.24, 2.45) is 0 Å². The van der Waals surface area contributed by atoms with Crippen molar-refractivity contribution in [2.75, 3.05) is 31.3 Å². The van der Waals surface area contributed by atoms with Crippen molar-refractivity contribution in [1.29, 1.82) is 0 Å². The molecule has 4 heteroatoms. The van der Waals surface area contributed by atoms with E-state index in [0.717, 1.165) is 18.8 Å². The summed E-state index contributed by atoms with van der Waals surface area (Å²) in [5, 5.41) is 0.130. The quantitative estimate of drug-likeness (QED) is 0.239. The van der Waals surface area contributed by atoms with E-state index in [1.807, 2.05) is 11.8 Å². The van der Waals surface area contributed by atoms with Crippen LogP contribution in [0.4, 0.5) is 0 Å². The predicted octanol–water partition coefficient (Wildman–Crippen LogP) is 5.91. The molecule has 0 fully saturated rings. The van der Waals surface area contributed by atoms with Crippen molar-refractivity contribution >= 4 is 23.4 Å². The number of ether oxygens (including phenoxy) is 2. The minimum absolute atomic E-state index is 0.120. The number of unbranched alkanes of at least 4 members (excludes halogenated alkanes) is 5. The van der Waals surface area contributed by atoms with Gasteiger partial charge in [-0.15, -0.1) is 11.6 Å². The lowest BCUT2D eigenvalue weighted by molar-refractivity contribution is 0.0135. The molecular formula is C18H37ClO2S. The molecule has 0 saturated carbocycles. The zero-order valence-electron chi connectivity index (χ0n) is 14.9. The van der Waals surface area contributed by atoms with Crippen LogP contribution < -0.4 is 0 Å². The summed E-state index contributed by atoms with van der Waals surface area (Å²) in [4.78, 5) is 0. The van der Waals surface area contributed by atoms with Crippen LogP contribution in [-0.2, 0) is 9.47 Å². The van der Waals surface area contributed by atoms with E-state index in [1.54, 1.807) is 0 Å². The Balaban J connectivity index is 3.24. The molecule has 0 aliphatic heterocycles. The number of hydrogen-bond acceptors (Lipinski definition) is 3. The highest BCUT2D eigenvalue weighted by Gasteiger charge is 2.14. The molecule has 0 aliphatic rings. The van der Waals surface area contributed by atoms with Crippen molar-refractivity contribution in [1.82, 2.24) is 0 Å². The fraction of sp³-hybridized carbons (Fsp3) is 1.00. The Kier molecular flexibility index (Phi) is 18.4. The van der Waals surface area contributed by atoms with Crippen molar-refractivity contribution in [2.45, 2.75) is 83.6 Å². The lowest BCUT2D eigenvalue weighted by Crippen LogP contribution is -2.23. The van der Waals surface area contributed by atoms with Gasteiger partial charge >= 0.3 is 0 Å². The van der Waals surface area contributed by atoms with Gasteiger partial charge in [0.05, 0.1) is 31.3 Å². The first kappa shape index (κ1) is 22.6. The Morgan fingerprint density at radius 2 is 1.59 bits per heavy atom. The molecule has 0 aromatic carbocycles. The SMILES string of the molecule is CCCCCCSCCOCCO[C@H](C)[C@H](Cl)CCCCC. The van der Waals surface area contributed by atoms with E-state index < -0.39 is 0 Å². The van der Waals surface area contributed by atoms with Crippen LogP contribution in [0.2, 0.25) is 0 Å². The molecule has 0 bridgehead atoms. The standard InChI is InChI=1S/C18H37ClO2S/c1-4-6-8-10-15-22-16-14-20-12-13-21-17(3)18(19)11-9-7-5-2/h17-18H,4-16H2,1-3H3/t17-,18-/m1/s1. The Morgan fingerprint density at radius 1 is 0.864 bits per heavy atom. The van der Waals surface area contributed by atoms with Gasteiger partial charge in [0.2, 0.25) is 0 Å². The van der Waals surface area contributed by atoms with Gasteiger partial charge in [-0.05, 0) is 25.5 Å². The second-order valence-corrected chi connectivity index (χ2v) is 7.66. The second kappa shape index (κ2) is 17.9. The summed E-state index contributed by atoms with van der Waals surface area (Å²) >= 11 is 8.33. The van der Waals surface area contributed by atoms with Crippen molar-refractivity contribution in [3.63, 3.8) is 0 Å². The summed E-state index contributed by atoms with van der Waals surface area (Å²) < 4.78 is 11.3. The lowest BCUT2D eigenvalue weighted by Gasteiger charge is -2.18. The topological polar surface area (TPSA) is 18.5 Å².